The van der Waals surface area contributed by atoms with Crippen molar-refractivity contribution in [3.63, 3.8) is 0 Å². The third-order valence-corrected chi connectivity index (χ3v) is 6.83. The number of urea groups is 1. The summed E-state index contributed by atoms with van der Waals surface area (Å²) >= 11 is 0. The Hall–Kier alpha value is -2.35. The summed E-state index contributed by atoms with van der Waals surface area (Å²) in [6.07, 6.45) is 9.54. The molecule has 3 amide bonds. The van der Waals surface area contributed by atoms with Crippen LogP contribution >= 0.6 is 0 Å². The van der Waals surface area contributed by atoms with Gasteiger partial charge < -0.3 is 20.4 Å². The third kappa shape index (κ3) is 6.32. The molecule has 2 saturated heterocycles. The number of anilines is 1. The molecule has 1 aromatic rings. The summed E-state index contributed by atoms with van der Waals surface area (Å²) in [6.45, 7) is 5.33. The molecule has 8 heteroatoms. The van der Waals surface area contributed by atoms with E-state index in [4.69, 9.17) is 0 Å². The third-order valence-electron chi connectivity index (χ3n) is 6.83. The largest absolute Gasteiger partial charge is 0.353 e. The number of pyridine rings is 1. The number of hydrogen-bond acceptors (Lipinski definition) is 5. The number of likely N-dealkylation sites (tertiary alicyclic amines) is 1. The average molecular weight is 429 g/mol. The van der Waals surface area contributed by atoms with Crippen molar-refractivity contribution in [3.8, 4) is 0 Å². The first-order valence-electron chi connectivity index (χ1n) is 11.9. The number of rotatable bonds is 5. The number of piperazine rings is 1. The number of amides is 3. The van der Waals surface area contributed by atoms with E-state index in [1.807, 2.05) is 29.3 Å². The van der Waals surface area contributed by atoms with Crippen LogP contribution in [0.5, 0.6) is 0 Å². The molecule has 1 aliphatic carbocycles. The number of aromatic nitrogens is 1. The molecule has 0 bridgehead atoms. The number of carbonyl (C=O) groups is 2. The van der Waals surface area contributed by atoms with E-state index in [1.165, 1.54) is 19.3 Å². The maximum Gasteiger partial charge on any atom is 0.315 e. The lowest BCUT2D eigenvalue weighted by atomic mass is 9.96. The normalized spacial score (nSPS) is 21.7. The first-order valence-corrected chi connectivity index (χ1v) is 11.9. The first kappa shape index (κ1) is 21.9. The second-order valence-corrected chi connectivity index (χ2v) is 9.06. The highest BCUT2D eigenvalue weighted by atomic mass is 16.2. The van der Waals surface area contributed by atoms with Crippen LogP contribution < -0.4 is 15.5 Å². The van der Waals surface area contributed by atoms with E-state index in [0.29, 0.717) is 12.6 Å². The maximum absolute atomic E-state index is 12.8. The lowest BCUT2D eigenvalue weighted by Crippen LogP contribution is -2.53. The zero-order chi connectivity index (χ0) is 21.5. The number of nitrogens with zero attached hydrogens (tertiary/aromatic N) is 4. The topological polar surface area (TPSA) is 80.8 Å². The lowest BCUT2D eigenvalue weighted by molar-refractivity contribution is -0.133. The van der Waals surface area contributed by atoms with Crippen molar-refractivity contribution in [1.82, 2.24) is 25.4 Å². The van der Waals surface area contributed by atoms with E-state index in [2.05, 4.69) is 25.4 Å². The Balaban J connectivity index is 1.13. The number of hydrogen-bond donors (Lipinski definition) is 2. The molecular weight excluding hydrogens is 392 g/mol. The highest BCUT2D eigenvalue weighted by Crippen LogP contribution is 2.18. The lowest BCUT2D eigenvalue weighted by Gasteiger charge is -2.37. The minimum absolute atomic E-state index is 0.0211. The van der Waals surface area contributed by atoms with Crippen molar-refractivity contribution in [2.75, 3.05) is 50.7 Å². The van der Waals surface area contributed by atoms with E-state index in [-0.39, 0.29) is 18.0 Å². The molecule has 2 N–H and O–H groups in total. The number of carbonyl (C=O) groups excluding carboxylic acids is 2. The molecule has 31 heavy (non-hydrogen) atoms. The van der Waals surface area contributed by atoms with Crippen LogP contribution in [0, 0.1) is 0 Å². The van der Waals surface area contributed by atoms with E-state index in [1.54, 1.807) is 0 Å². The van der Waals surface area contributed by atoms with Gasteiger partial charge in [-0.15, -0.1) is 0 Å². The summed E-state index contributed by atoms with van der Waals surface area (Å²) in [6, 6.07) is 6.46. The van der Waals surface area contributed by atoms with Gasteiger partial charge in [-0.3, -0.25) is 9.69 Å². The van der Waals surface area contributed by atoms with Gasteiger partial charge >= 0.3 is 6.03 Å². The molecule has 0 aromatic carbocycles. The van der Waals surface area contributed by atoms with Crippen LogP contribution in [0.15, 0.2) is 24.4 Å². The molecule has 0 radical (unpaired) electrons. The Kier molecular flexibility index (Phi) is 7.61. The molecule has 3 heterocycles. The fourth-order valence-corrected chi connectivity index (χ4v) is 4.91. The Bertz CT molecular complexity index is 708. The molecule has 170 valence electrons. The van der Waals surface area contributed by atoms with Gasteiger partial charge in [0.2, 0.25) is 5.91 Å². The van der Waals surface area contributed by atoms with Crippen LogP contribution in [0.3, 0.4) is 0 Å². The van der Waals surface area contributed by atoms with Crippen LogP contribution in [-0.4, -0.2) is 84.6 Å². The summed E-state index contributed by atoms with van der Waals surface area (Å²) in [4.78, 5) is 35.9. The van der Waals surface area contributed by atoms with Crippen LogP contribution in [-0.2, 0) is 4.79 Å². The average Bonchev–Trinajstić information content (AvgIpc) is 2.81. The van der Waals surface area contributed by atoms with Gasteiger partial charge in [0.15, 0.2) is 0 Å². The van der Waals surface area contributed by atoms with Crippen molar-refractivity contribution < 1.29 is 9.59 Å². The van der Waals surface area contributed by atoms with E-state index < -0.39 is 0 Å². The van der Waals surface area contributed by atoms with Crippen molar-refractivity contribution in [2.45, 2.75) is 57.0 Å². The van der Waals surface area contributed by atoms with Crippen LogP contribution in [0.25, 0.3) is 0 Å². The molecule has 0 unspecified atom stereocenters. The Morgan fingerprint density at radius 3 is 2.19 bits per heavy atom. The standard InChI is InChI=1S/C23H36N6O2/c30-22(29-16-14-28(15-17-29)21-8-4-5-11-24-21)18-27-12-9-20(10-13-27)26-23(31)25-19-6-2-1-3-7-19/h4-5,8,11,19-20H,1-3,6-7,9-10,12-18H2,(H2,25,26,31). The van der Waals surface area contributed by atoms with Gasteiger partial charge in [0.25, 0.3) is 0 Å². The van der Waals surface area contributed by atoms with Gasteiger partial charge in [0.05, 0.1) is 6.54 Å². The summed E-state index contributed by atoms with van der Waals surface area (Å²) < 4.78 is 0. The second kappa shape index (κ2) is 10.8. The highest BCUT2D eigenvalue weighted by molar-refractivity contribution is 5.78. The molecule has 0 spiro atoms. The van der Waals surface area contributed by atoms with Gasteiger partial charge in [0.1, 0.15) is 5.82 Å². The van der Waals surface area contributed by atoms with E-state index in [9.17, 15) is 9.59 Å². The van der Waals surface area contributed by atoms with E-state index in [0.717, 1.165) is 70.8 Å². The summed E-state index contributed by atoms with van der Waals surface area (Å²) in [5.41, 5.74) is 0. The second-order valence-electron chi connectivity index (χ2n) is 9.06. The van der Waals surface area contributed by atoms with Gasteiger partial charge in [-0.1, -0.05) is 25.3 Å². The Morgan fingerprint density at radius 2 is 1.55 bits per heavy atom. The summed E-state index contributed by atoms with van der Waals surface area (Å²) in [7, 11) is 0. The number of piperidine rings is 1. The van der Waals surface area contributed by atoms with Gasteiger partial charge in [0, 0.05) is 57.5 Å². The van der Waals surface area contributed by atoms with Crippen LogP contribution in [0.2, 0.25) is 0 Å². The Labute approximate surface area is 185 Å². The van der Waals surface area contributed by atoms with Crippen LogP contribution in [0.1, 0.15) is 44.9 Å². The molecule has 3 fully saturated rings. The smallest absolute Gasteiger partial charge is 0.315 e. The van der Waals surface area contributed by atoms with Gasteiger partial charge in [-0.05, 0) is 37.8 Å². The van der Waals surface area contributed by atoms with Crippen molar-refractivity contribution in [2.24, 2.45) is 0 Å². The summed E-state index contributed by atoms with van der Waals surface area (Å²) in [5.74, 6) is 1.19. The van der Waals surface area contributed by atoms with Crippen LogP contribution in [0.4, 0.5) is 10.6 Å². The SMILES string of the molecule is O=C(NC1CCCCC1)NC1CCN(CC(=O)N2CCN(c3ccccn3)CC2)CC1. The predicted octanol–water partition coefficient (Wildman–Crippen LogP) is 1.83. The Morgan fingerprint density at radius 1 is 0.871 bits per heavy atom. The zero-order valence-corrected chi connectivity index (χ0v) is 18.5. The highest BCUT2D eigenvalue weighted by Gasteiger charge is 2.26. The molecule has 0 atom stereocenters. The fourth-order valence-electron chi connectivity index (χ4n) is 4.91. The zero-order valence-electron chi connectivity index (χ0n) is 18.5. The molecule has 4 rings (SSSR count). The minimum Gasteiger partial charge on any atom is -0.353 e. The first-order chi connectivity index (χ1) is 15.2. The molecular formula is C23H36N6O2. The monoisotopic (exact) mass is 428 g/mol. The van der Waals surface area contributed by atoms with Gasteiger partial charge in [-0.2, -0.15) is 0 Å². The molecule has 1 aromatic heterocycles. The molecule has 8 nitrogen and oxygen atoms in total. The quantitative estimate of drug-likeness (QED) is 0.748. The molecule has 1 saturated carbocycles. The predicted molar refractivity (Wildman–Crippen MR) is 121 cm³/mol. The van der Waals surface area contributed by atoms with Crippen molar-refractivity contribution in [3.05, 3.63) is 24.4 Å². The van der Waals surface area contributed by atoms with Gasteiger partial charge in [-0.25, -0.2) is 9.78 Å². The van der Waals surface area contributed by atoms with Crippen molar-refractivity contribution >= 4 is 17.8 Å². The van der Waals surface area contributed by atoms with E-state index >= 15 is 0 Å². The summed E-state index contributed by atoms with van der Waals surface area (Å²) in [5, 5.41) is 6.28. The minimum atomic E-state index is -0.0211. The van der Waals surface area contributed by atoms with Crippen molar-refractivity contribution in [1.29, 1.82) is 0 Å². The fraction of sp³-hybridized carbons (Fsp3) is 0.696. The maximum atomic E-state index is 12.8. The molecule has 2 aliphatic heterocycles. The molecule has 3 aliphatic rings. The number of nitrogens with one attached hydrogen (secondary N) is 2.